The largest absolute Gasteiger partial charge is 0.423 e. The summed E-state index contributed by atoms with van der Waals surface area (Å²) in [6.45, 7) is 0. The number of aromatic nitrogens is 2. The van der Waals surface area contributed by atoms with Gasteiger partial charge in [0.1, 0.15) is 0 Å². The quantitative estimate of drug-likeness (QED) is 0.791. The summed E-state index contributed by atoms with van der Waals surface area (Å²) >= 11 is 1.89. The molecule has 1 atom stereocenters. The van der Waals surface area contributed by atoms with Crippen LogP contribution in [-0.4, -0.2) is 16.0 Å². The molecule has 2 aromatic carbocycles. The van der Waals surface area contributed by atoms with Gasteiger partial charge in [0.2, 0.25) is 12.3 Å². The van der Waals surface area contributed by atoms with E-state index in [-0.39, 0.29) is 0 Å². The Labute approximate surface area is 126 Å². The maximum Gasteiger partial charge on any atom is 0.247 e. The van der Waals surface area contributed by atoms with E-state index in [2.05, 4.69) is 45.8 Å². The van der Waals surface area contributed by atoms with E-state index in [0.717, 1.165) is 17.0 Å². The Balaban J connectivity index is 1.60. The van der Waals surface area contributed by atoms with Gasteiger partial charge in [0.25, 0.3) is 0 Å². The molecular weight excluding hydrogens is 282 g/mol. The number of thioether (sulfide) groups is 1. The van der Waals surface area contributed by atoms with Crippen molar-refractivity contribution >= 4 is 17.4 Å². The number of benzene rings is 2. The Morgan fingerprint density at radius 1 is 1.14 bits per heavy atom. The predicted octanol–water partition coefficient (Wildman–Crippen LogP) is 4.00. The number of nitrogens with zero attached hydrogens (tertiary/aromatic N) is 2. The molecule has 0 amide bonds. The van der Waals surface area contributed by atoms with Crippen LogP contribution >= 0.6 is 11.8 Å². The lowest BCUT2D eigenvalue weighted by Crippen LogP contribution is -2.09. The normalized spacial score (nSPS) is 16.7. The summed E-state index contributed by atoms with van der Waals surface area (Å²) in [6, 6.07) is 16.9. The molecule has 0 spiro atoms. The highest BCUT2D eigenvalue weighted by molar-refractivity contribution is 7.99. The smallest absolute Gasteiger partial charge is 0.247 e. The van der Waals surface area contributed by atoms with Gasteiger partial charge in [-0.05, 0) is 29.8 Å². The van der Waals surface area contributed by atoms with Crippen LogP contribution in [0, 0.1) is 0 Å². The SMILES string of the molecule is c1cc(NC2CSc3ccccc32)cc(-c2nnco2)c1. The summed E-state index contributed by atoms with van der Waals surface area (Å²) in [5, 5.41) is 11.3. The van der Waals surface area contributed by atoms with Crippen molar-refractivity contribution in [3.05, 3.63) is 60.5 Å². The fourth-order valence-corrected chi connectivity index (χ4v) is 3.69. The van der Waals surface area contributed by atoms with Crippen LogP contribution in [-0.2, 0) is 0 Å². The predicted molar refractivity (Wildman–Crippen MR) is 83.3 cm³/mol. The zero-order valence-electron chi connectivity index (χ0n) is 11.2. The number of hydrogen-bond acceptors (Lipinski definition) is 5. The number of fused-ring (bicyclic) bond motifs is 1. The number of hydrogen-bond donors (Lipinski definition) is 1. The van der Waals surface area contributed by atoms with Crippen LogP contribution in [0.2, 0.25) is 0 Å². The van der Waals surface area contributed by atoms with Gasteiger partial charge in [-0.3, -0.25) is 0 Å². The first-order valence-corrected chi connectivity index (χ1v) is 7.73. The summed E-state index contributed by atoms with van der Waals surface area (Å²) in [7, 11) is 0. The zero-order chi connectivity index (χ0) is 14.1. The van der Waals surface area contributed by atoms with E-state index in [4.69, 9.17) is 4.42 Å². The van der Waals surface area contributed by atoms with E-state index in [1.165, 1.54) is 16.9 Å². The second-order valence-corrected chi connectivity index (χ2v) is 5.93. The Hall–Kier alpha value is -2.27. The molecule has 2 heterocycles. The van der Waals surface area contributed by atoms with Gasteiger partial charge in [-0.2, -0.15) is 0 Å². The Morgan fingerprint density at radius 2 is 2.10 bits per heavy atom. The molecule has 5 heteroatoms. The molecule has 1 unspecified atom stereocenters. The molecule has 4 rings (SSSR count). The fourth-order valence-electron chi connectivity index (χ4n) is 2.52. The summed E-state index contributed by atoms with van der Waals surface area (Å²) in [5.41, 5.74) is 3.36. The maximum atomic E-state index is 5.25. The first-order chi connectivity index (χ1) is 10.4. The van der Waals surface area contributed by atoms with Crippen molar-refractivity contribution < 1.29 is 4.42 Å². The third-order valence-electron chi connectivity index (χ3n) is 3.51. The number of rotatable bonds is 3. The highest BCUT2D eigenvalue weighted by atomic mass is 32.2. The van der Waals surface area contributed by atoms with Gasteiger partial charge in [0.05, 0.1) is 6.04 Å². The maximum absolute atomic E-state index is 5.25. The third-order valence-corrected chi connectivity index (χ3v) is 4.69. The highest BCUT2D eigenvalue weighted by Crippen LogP contribution is 2.39. The van der Waals surface area contributed by atoms with Crippen molar-refractivity contribution in [3.63, 3.8) is 0 Å². The third kappa shape index (κ3) is 2.40. The molecule has 0 saturated heterocycles. The highest BCUT2D eigenvalue weighted by Gasteiger charge is 2.22. The van der Waals surface area contributed by atoms with E-state index in [1.807, 2.05) is 30.0 Å². The number of anilines is 1. The zero-order valence-corrected chi connectivity index (χ0v) is 12.0. The summed E-state index contributed by atoms with van der Waals surface area (Å²) < 4.78 is 5.25. The number of nitrogens with one attached hydrogen (secondary N) is 1. The van der Waals surface area contributed by atoms with Gasteiger partial charge in [-0.15, -0.1) is 22.0 Å². The summed E-state index contributed by atoms with van der Waals surface area (Å²) in [4.78, 5) is 1.36. The minimum atomic E-state index is 0.337. The minimum absolute atomic E-state index is 0.337. The first-order valence-electron chi connectivity index (χ1n) is 6.75. The average Bonchev–Trinajstić information content (AvgIpc) is 3.18. The van der Waals surface area contributed by atoms with Crippen molar-refractivity contribution in [3.8, 4) is 11.5 Å². The molecule has 3 aromatic rings. The lowest BCUT2D eigenvalue weighted by Gasteiger charge is -2.15. The van der Waals surface area contributed by atoms with Gasteiger partial charge in [0.15, 0.2) is 0 Å². The van der Waals surface area contributed by atoms with Crippen molar-refractivity contribution in [1.29, 1.82) is 0 Å². The van der Waals surface area contributed by atoms with Crippen molar-refractivity contribution in [2.24, 2.45) is 0 Å². The molecule has 0 fully saturated rings. The molecule has 1 aromatic heterocycles. The van der Waals surface area contributed by atoms with Crippen molar-refractivity contribution in [1.82, 2.24) is 10.2 Å². The molecule has 0 radical (unpaired) electrons. The van der Waals surface area contributed by atoms with E-state index in [9.17, 15) is 0 Å². The molecule has 1 aliphatic heterocycles. The molecule has 1 aliphatic rings. The second kappa shape index (κ2) is 5.26. The van der Waals surface area contributed by atoms with Gasteiger partial charge in [-0.25, -0.2) is 0 Å². The van der Waals surface area contributed by atoms with Crippen LogP contribution in [0.15, 0.2) is 64.2 Å². The fraction of sp³-hybridized carbons (Fsp3) is 0.125. The molecule has 4 nitrogen and oxygen atoms in total. The lowest BCUT2D eigenvalue weighted by atomic mass is 10.1. The van der Waals surface area contributed by atoms with Crippen LogP contribution in [0.4, 0.5) is 5.69 Å². The van der Waals surface area contributed by atoms with Crippen LogP contribution in [0.25, 0.3) is 11.5 Å². The standard InChI is InChI=1S/C16H13N3OS/c1-2-7-15-13(6-1)14(9-21-15)18-12-5-3-4-11(8-12)16-19-17-10-20-16/h1-8,10,14,18H,9H2. The van der Waals surface area contributed by atoms with Crippen molar-refractivity contribution in [2.45, 2.75) is 10.9 Å². The second-order valence-electron chi connectivity index (χ2n) is 4.87. The molecule has 21 heavy (non-hydrogen) atoms. The van der Waals surface area contributed by atoms with Gasteiger partial charge in [0, 0.05) is 21.9 Å². The van der Waals surface area contributed by atoms with E-state index in [0.29, 0.717) is 11.9 Å². The lowest BCUT2D eigenvalue weighted by molar-refractivity contribution is 0.568. The summed E-state index contributed by atoms with van der Waals surface area (Å²) in [5.74, 6) is 1.59. The van der Waals surface area contributed by atoms with Gasteiger partial charge >= 0.3 is 0 Å². The molecule has 1 N–H and O–H groups in total. The van der Waals surface area contributed by atoms with E-state index < -0.39 is 0 Å². The topological polar surface area (TPSA) is 51.0 Å². The molecule has 0 aliphatic carbocycles. The van der Waals surface area contributed by atoms with E-state index in [1.54, 1.807) is 0 Å². The van der Waals surface area contributed by atoms with E-state index >= 15 is 0 Å². The van der Waals surface area contributed by atoms with Crippen molar-refractivity contribution in [2.75, 3.05) is 11.1 Å². The Bertz CT molecular complexity index is 758. The van der Waals surface area contributed by atoms with Gasteiger partial charge < -0.3 is 9.73 Å². The molecule has 104 valence electrons. The summed E-state index contributed by atoms with van der Waals surface area (Å²) in [6.07, 6.45) is 1.35. The molecule has 0 bridgehead atoms. The molecular formula is C16H13N3OS. The first kappa shape index (κ1) is 12.5. The Kier molecular flexibility index (Phi) is 3.12. The van der Waals surface area contributed by atoms with Crippen LogP contribution in [0.1, 0.15) is 11.6 Å². The minimum Gasteiger partial charge on any atom is -0.423 e. The van der Waals surface area contributed by atoms with Crippen LogP contribution < -0.4 is 5.32 Å². The van der Waals surface area contributed by atoms with Crippen LogP contribution in [0.3, 0.4) is 0 Å². The van der Waals surface area contributed by atoms with Crippen LogP contribution in [0.5, 0.6) is 0 Å². The molecule has 0 saturated carbocycles. The van der Waals surface area contributed by atoms with Gasteiger partial charge in [-0.1, -0.05) is 24.3 Å². The Morgan fingerprint density at radius 3 is 3.00 bits per heavy atom. The monoisotopic (exact) mass is 295 g/mol. The average molecular weight is 295 g/mol.